The number of para-hydroxylation sites is 2. The predicted octanol–water partition coefficient (Wildman–Crippen LogP) is 20.5. The number of rotatable bonds is 8. The van der Waals surface area contributed by atoms with Gasteiger partial charge in [0.2, 0.25) is 0 Å². The molecule has 0 amide bonds. The van der Waals surface area contributed by atoms with E-state index in [-0.39, 0.29) is 34.2 Å². The van der Waals surface area contributed by atoms with E-state index >= 15 is 13.2 Å². The SMILES string of the molecule is Cc1cc(-c2ccc3c(c2)c2ccccc2n3-c2cc(-c3nc(-c4ccccc4)nc(-c4ccccc4)n3)ccc2-c2ccc(C(F)(F)F)cc2-n2c3ccccc3c3cc(-c4cc(C(F)(F)F)cc(C(F)(F)F)c4)ccc32)cc(C(F)(F)F)c1. The zero-order valence-corrected chi connectivity index (χ0v) is 44.1. The summed E-state index contributed by atoms with van der Waals surface area (Å²) in [4.78, 5) is 14.9. The van der Waals surface area contributed by atoms with Gasteiger partial charge in [0, 0.05) is 49.4 Å². The second-order valence-electron chi connectivity index (χ2n) is 20.5. The van der Waals surface area contributed by atoms with Crippen LogP contribution in [0.5, 0.6) is 0 Å². The Hall–Kier alpha value is -10.0. The molecule has 85 heavy (non-hydrogen) atoms. The third kappa shape index (κ3) is 9.98. The molecule has 0 bridgehead atoms. The first-order valence-corrected chi connectivity index (χ1v) is 26.3. The van der Waals surface area contributed by atoms with Gasteiger partial charge in [0.25, 0.3) is 0 Å². The molecule has 10 aromatic carbocycles. The highest BCUT2D eigenvalue weighted by atomic mass is 19.4. The maximum atomic E-state index is 15.3. The Kier molecular flexibility index (Phi) is 12.8. The van der Waals surface area contributed by atoms with E-state index < -0.39 is 52.5 Å². The number of hydrogen-bond acceptors (Lipinski definition) is 3. The molecule has 0 unspecified atom stereocenters. The minimum atomic E-state index is -5.14. The lowest BCUT2D eigenvalue weighted by Crippen LogP contribution is -2.11. The molecule has 0 fully saturated rings. The highest BCUT2D eigenvalue weighted by Crippen LogP contribution is 2.47. The summed E-state index contributed by atoms with van der Waals surface area (Å²) in [6, 6.07) is 55.6. The number of alkyl halides is 12. The van der Waals surface area contributed by atoms with E-state index in [1.54, 1.807) is 72.2 Å². The monoisotopic (exact) mass is 1150 g/mol. The van der Waals surface area contributed by atoms with Crippen molar-refractivity contribution < 1.29 is 52.7 Å². The quantitative estimate of drug-likeness (QED) is 0.142. The fourth-order valence-corrected chi connectivity index (χ4v) is 11.2. The Balaban J connectivity index is 1.09. The zero-order chi connectivity index (χ0) is 59.3. The van der Waals surface area contributed by atoms with Gasteiger partial charge in [0.15, 0.2) is 17.5 Å². The van der Waals surface area contributed by atoms with Crippen molar-refractivity contribution in [3.05, 3.63) is 246 Å². The van der Waals surface area contributed by atoms with E-state index in [0.717, 1.165) is 24.3 Å². The molecule has 0 N–H and O–H groups in total. The summed E-state index contributed by atoms with van der Waals surface area (Å²) >= 11 is 0. The smallest absolute Gasteiger partial charge is 0.309 e. The Bertz CT molecular complexity index is 4700. The third-order valence-electron chi connectivity index (χ3n) is 15.1. The largest absolute Gasteiger partial charge is 0.416 e. The lowest BCUT2D eigenvalue weighted by molar-refractivity contribution is -0.143. The Labute approximate surface area is 475 Å². The van der Waals surface area contributed by atoms with E-state index in [2.05, 4.69) is 0 Å². The van der Waals surface area contributed by atoms with Crippen LogP contribution in [0.3, 0.4) is 0 Å². The van der Waals surface area contributed by atoms with E-state index in [1.807, 2.05) is 95.6 Å². The van der Waals surface area contributed by atoms with E-state index in [9.17, 15) is 39.5 Å². The van der Waals surface area contributed by atoms with Gasteiger partial charge < -0.3 is 9.13 Å². The minimum absolute atomic E-state index is 0.00191. The van der Waals surface area contributed by atoms with Crippen LogP contribution in [0.4, 0.5) is 52.7 Å². The first kappa shape index (κ1) is 54.2. The lowest BCUT2D eigenvalue weighted by Gasteiger charge is -2.21. The molecule has 420 valence electrons. The molecule has 13 rings (SSSR count). The van der Waals surface area contributed by atoms with Gasteiger partial charge in [-0.1, -0.05) is 133 Å². The van der Waals surface area contributed by atoms with Crippen molar-refractivity contribution in [3.8, 4) is 78.9 Å². The molecule has 17 heteroatoms. The van der Waals surface area contributed by atoms with Crippen LogP contribution in [-0.4, -0.2) is 24.1 Å². The van der Waals surface area contributed by atoms with E-state index in [1.165, 1.54) is 24.3 Å². The number of hydrogen-bond donors (Lipinski definition) is 0. The average Bonchev–Trinajstić information content (AvgIpc) is 1.87. The summed E-state index contributed by atoms with van der Waals surface area (Å²) in [7, 11) is 0. The summed E-state index contributed by atoms with van der Waals surface area (Å²) in [5.74, 6) is 0.924. The maximum absolute atomic E-state index is 15.3. The fourth-order valence-electron chi connectivity index (χ4n) is 11.2. The molecule has 0 aliphatic carbocycles. The number of nitrogens with zero attached hydrogens (tertiary/aromatic N) is 5. The van der Waals surface area contributed by atoms with Crippen LogP contribution in [-0.2, 0) is 24.7 Å². The van der Waals surface area contributed by atoms with Crippen molar-refractivity contribution in [3.63, 3.8) is 0 Å². The minimum Gasteiger partial charge on any atom is -0.309 e. The van der Waals surface area contributed by atoms with Gasteiger partial charge in [-0.05, 0) is 120 Å². The molecule has 0 aliphatic rings. The maximum Gasteiger partial charge on any atom is 0.416 e. The Morgan fingerprint density at radius 2 is 0.647 bits per heavy atom. The van der Waals surface area contributed by atoms with Crippen molar-refractivity contribution in [1.29, 1.82) is 0 Å². The van der Waals surface area contributed by atoms with Gasteiger partial charge in [-0.3, -0.25) is 0 Å². The summed E-state index contributed by atoms with van der Waals surface area (Å²) < 4.78 is 177. The van der Waals surface area contributed by atoms with Gasteiger partial charge in [-0.25, -0.2) is 15.0 Å². The highest BCUT2D eigenvalue weighted by molar-refractivity contribution is 6.13. The molecule has 0 saturated carbocycles. The van der Waals surface area contributed by atoms with Gasteiger partial charge in [-0.2, -0.15) is 52.7 Å². The molecule has 0 spiro atoms. The van der Waals surface area contributed by atoms with Gasteiger partial charge in [0.05, 0.1) is 55.7 Å². The molecule has 0 radical (unpaired) electrons. The molecular formula is C68H39F12N5. The normalized spacial score (nSPS) is 12.5. The van der Waals surface area contributed by atoms with Crippen LogP contribution in [0.1, 0.15) is 27.8 Å². The number of fused-ring (bicyclic) bond motifs is 6. The van der Waals surface area contributed by atoms with Crippen LogP contribution in [0.25, 0.3) is 123 Å². The Morgan fingerprint density at radius 3 is 1.12 bits per heavy atom. The van der Waals surface area contributed by atoms with Crippen molar-refractivity contribution >= 4 is 43.6 Å². The summed E-state index contributed by atoms with van der Waals surface area (Å²) in [5, 5.41) is 2.05. The van der Waals surface area contributed by atoms with E-state index in [4.69, 9.17) is 15.0 Å². The first-order chi connectivity index (χ1) is 40.5. The van der Waals surface area contributed by atoms with Gasteiger partial charge >= 0.3 is 24.7 Å². The van der Waals surface area contributed by atoms with Gasteiger partial charge in [-0.15, -0.1) is 0 Å². The topological polar surface area (TPSA) is 48.5 Å². The van der Waals surface area contributed by atoms with Crippen LogP contribution < -0.4 is 0 Å². The second kappa shape index (κ2) is 20.1. The molecule has 3 heterocycles. The summed E-state index contributed by atoms with van der Waals surface area (Å²) in [6.45, 7) is 1.58. The van der Waals surface area contributed by atoms with Gasteiger partial charge in [0.1, 0.15) is 0 Å². The third-order valence-corrected chi connectivity index (χ3v) is 15.1. The highest BCUT2D eigenvalue weighted by Gasteiger charge is 2.38. The van der Waals surface area contributed by atoms with Crippen molar-refractivity contribution in [2.75, 3.05) is 0 Å². The van der Waals surface area contributed by atoms with E-state index in [0.29, 0.717) is 107 Å². The van der Waals surface area contributed by atoms with Crippen LogP contribution in [0, 0.1) is 6.92 Å². The summed E-state index contributed by atoms with van der Waals surface area (Å²) in [6.07, 6.45) is -19.8. The summed E-state index contributed by atoms with van der Waals surface area (Å²) in [5.41, 5.74) is 0.567. The number of aryl methyl sites for hydroxylation is 1. The Morgan fingerprint density at radius 1 is 0.271 bits per heavy atom. The molecule has 0 atom stereocenters. The molecule has 5 nitrogen and oxygen atoms in total. The predicted molar refractivity (Wildman–Crippen MR) is 306 cm³/mol. The number of halogens is 12. The molecule has 0 aliphatic heterocycles. The second-order valence-corrected chi connectivity index (χ2v) is 20.5. The van der Waals surface area contributed by atoms with Crippen molar-refractivity contribution in [1.82, 2.24) is 24.1 Å². The zero-order valence-electron chi connectivity index (χ0n) is 44.1. The van der Waals surface area contributed by atoms with Crippen LogP contribution >= 0.6 is 0 Å². The number of benzene rings is 10. The van der Waals surface area contributed by atoms with Crippen LogP contribution in [0.15, 0.2) is 218 Å². The first-order valence-electron chi connectivity index (χ1n) is 26.3. The molecular weight excluding hydrogens is 1110 g/mol. The molecule has 3 aromatic heterocycles. The molecule has 13 aromatic rings. The molecule has 0 saturated heterocycles. The standard InChI is InChI=1S/C68H39F12N5/c1-38-28-44(30-47(29-38)66(72,73)74)41-21-26-58-54(33-41)50-16-8-10-18-56(50)84(58)60-35-43(64-82-62(39-12-4-2-5-13-39)81-63(83-64)40-14-6-3-7-15-40)20-24-52(60)53-25-23-46(65(69,70)71)37-61(53)85-57-19-11-9-17-51(57)55-34-42(22-27-59(55)85)45-31-48(67(75,76)77)36-49(32-45)68(78,79)80/h2-37H,1H3. The lowest BCUT2D eigenvalue weighted by atomic mass is 9.96. The average molecular weight is 1150 g/mol. The fraction of sp³-hybridized carbons (Fsp3) is 0.0735. The van der Waals surface area contributed by atoms with Crippen LogP contribution in [0.2, 0.25) is 0 Å². The van der Waals surface area contributed by atoms with Crippen molar-refractivity contribution in [2.24, 2.45) is 0 Å². The number of aromatic nitrogens is 5. The van der Waals surface area contributed by atoms with Crippen molar-refractivity contribution in [2.45, 2.75) is 31.6 Å².